The molecule has 20 heavy (non-hydrogen) atoms. The van der Waals surface area contributed by atoms with E-state index in [1.807, 2.05) is 12.1 Å². The number of nitrogens with zero attached hydrogens (tertiary/aromatic N) is 2. The van der Waals surface area contributed by atoms with Crippen LogP contribution in [0.4, 0.5) is 0 Å². The molecule has 4 N–H and O–H groups in total. The summed E-state index contributed by atoms with van der Waals surface area (Å²) in [7, 11) is 0. The van der Waals surface area contributed by atoms with Gasteiger partial charge in [0.15, 0.2) is 11.7 Å². The Balaban J connectivity index is 1.81. The minimum absolute atomic E-state index is 0.162. The third-order valence-corrected chi connectivity index (χ3v) is 2.79. The van der Waals surface area contributed by atoms with Gasteiger partial charge in [-0.2, -0.15) is 10.2 Å². The van der Waals surface area contributed by atoms with E-state index in [0.29, 0.717) is 11.7 Å². The van der Waals surface area contributed by atoms with Crippen molar-refractivity contribution in [2.24, 2.45) is 10.2 Å². The zero-order valence-electron chi connectivity index (χ0n) is 10.4. The lowest BCUT2D eigenvalue weighted by molar-refractivity contribution is 0.474. The van der Waals surface area contributed by atoms with E-state index in [9.17, 15) is 10.2 Å². The highest BCUT2D eigenvalue weighted by molar-refractivity contribution is 6.06. The standard InChI is InChI=1S/C14H12N4O2/c19-11-5-1-3-9(7-11)13-15-17-14(18-16-13)10-4-2-6-12(20)8-10/h1-8,19-20H,(H,15,16)(H,17,18). The fraction of sp³-hybridized carbons (Fsp3) is 0. The van der Waals surface area contributed by atoms with Gasteiger partial charge >= 0.3 is 0 Å². The van der Waals surface area contributed by atoms with Crippen molar-refractivity contribution in [3.8, 4) is 11.5 Å². The summed E-state index contributed by atoms with van der Waals surface area (Å²) in [5, 5.41) is 27.2. The number of benzene rings is 2. The van der Waals surface area contributed by atoms with E-state index >= 15 is 0 Å². The van der Waals surface area contributed by atoms with Crippen LogP contribution in [-0.2, 0) is 0 Å². The smallest absolute Gasteiger partial charge is 0.173 e. The number of amidine groups is 2. The van der Waals surface area contributed by atoms with Gasteiger partial charge in [-0.05, 0) is 24.3 Å². The van der Waals surface area contributed by atoms with Crippen LogP contribution in [0.15, 0.2) is 58.7 Å². The molecular formula is C14H12N4O2. The monoisotopic (exact) mass is 268 g/mol. The molecule has 0 radical (unpaired) electrons. The van der Waals surface area contributed by atoms with Crippen LogP contribution in [0.3, 0.4) is 0 Å². The number of nitrogens with one attached hydrogen (secondary N) is 2. The maximum absolute atomic E-state index is 9.44. The second-order valence-corrected chi connectivity index (χ2v) is 4.25. The molecule has 3 rings (SSSR count). The van der Waals surface area contributed by atoms with Gasteiger partial charge in [0.2, 0.25) is 0 Å². The summed E-state index contributed by atoms with van der Waals surface area (Å²) < 4.78 is 0. The minimum Gasteiger partial charge on any atom is -0.508 e. The molecule has 0 amide bonds. The van der Waals surface area contributed by atoms with Crippen molar-refractivity contribution in [1.82, 2.24) is 10.9 Å². The number of aromatic hydroxyl groups is 2. The van der Waals surface area contributed by atoms with Crippen molar-refractivity contribution in [3.05, 3.63) is 59.7 Å². The largest absolute Gasteiger partial charge is 0.508 e. The van der Waals surface area contributed by atoms with Crippen molar-refractivity contribution in [3.63, 3.8) is 0 Å². The van der Waals surface area contributed by atoms with E-state index in [1.54, 1.807) is 36.4 Å². The summed E-state index contributed by atoms with van der Waals surface area (Å²) in [6.45, 7) is 0. The molecule has 0 aromatic heterocycles. The van der Waals surface area contributed by atoms with Crippen molar-refractivity contribution < 1.29 is 10.2 Å². The van der Waals surface area contributed by atoms with Gasteiger partial charge in [-0.25, -0.2) is 0 Å². The Morgan fingerprint density at radius 3 is 1.50 bits per heavy atom. The molecule has 0 spiro atoms. The van der Waals surface area contributed by atoms with Crippen LogP contribution in [0.25, 0.3) is 0 Å². The van der Waals surface area contributed by atoms with Crippen LogP contribution >= 0.6 is 0 Å². The van der Waals surface area contributed by atoms with Gasteiger partial charge < -0.3 is 10.2 Å². The summed E-state index contributed by atoms with van der Waals surface area (Å²) in [5.41, 5.74) is 7.06. The molecule has 1 aliphatic heterocycles. The zero-order valence-corrected chi connectivity index (χ0v) is 10.4. The van der Waals surface area contributed by atoms with E-state index in [-0.39, 0.29) is 11.5 Å². The van der Waals surface area contributed by atoms with Gasteiger partial charge in [0.1, 0.15) is 11.5 Å². The van der Waals surface area contributed by atoms with Crippen molar-refractivity contribution in [2.45, 2.75) is 0 Å². The highest BCUT2D eigenvalue weighted by Gasteiger charge is 2.12. The first-order valence-electron chi connectivity index (χ1n) is 5.98. The summed E-state index contributed by atoms with van der Waals surface area (Å²) in [4.78, 5) is 0. The molecule has 6 heteroatoms. The Morgan fingerprint density at radius 1 is 0.700 bits per heavy atom. The van der Waals surface area contributed by atoms with E-state index in [1.165, 1.54) is 0 Å². The molecular weight excluding hydrogens is 256 g/mol. The predicted octanol–water partition coefficient (Wildman–Crippen LogP) is 1.31. The summed E-state index contributed by atoms with van der Waals surface area (Å²) in [6.07, 6.45) is 0. The van der Waals surface area contributed by atoms with Crippen LogP contribution in [0.1, 0.15) is 11.1 Å². The third-order valence-electron chi connectivity index (χ3n) is 2.79. The molecule has 0 saturated heterocycles. The Morgan fingerprint density at radius 2 is 1.15 bits per heavy atom. The van der Waals surface area contributed by atoms with E-state index in [2.05, 4.69) is 21.1 Å². The number of phenols is 2. The fourth-order valence-corrected chi connectivity index (χ4v) is 1.83. The normalized spacial score (nSPS) is 13.8. The molecule has 0 fully saturated rings. The summed E-state index contributed by atoms with van der Waals surface area (Å²) in [6, 6.07) is 13.4. The molecule has 0 saturated carbocycles. The van der Waals surface area contributed by atoms with Crippen molar-refractivity contribution >= 4 is 11.7 Å². The number of hydrogen-bond donors (Lipinski definition) is 4. The predicted molar refractivity (Wildman–Crippen MR) is 75.6 cm³/mol. The molecule has 2 aromatic rings. The van der Waals surface area contributed by atoms with E-state index in [0.717, 1.165) is 11.1 Å². The molecule has 0 bridgehead atoms. The minimum atomic E-state index is 0.162. The van der Waals surface area contributed by atoms with Crippen molar-refractivity contribution in [1.29, 1.82) is 0 Å². The van der Waals surface area contributed by atoms with Gasteiger partial charge in [0.25, 0.3) is 0 Å². The average molecular weight is 268 g/mol. The molecule has 2 aromatic carbocycles. The highest BCUT2D eigenvalue weighted by atomic mass is 16.3. The topological polar surface area (TPSA) is 89.2 Å². The van der Waals surface area contributed by atoms with Gasteiger partial charge in [-0.3, -0.25) is 10.9 Å². The van der Waals surface area contributed by atoms with E-state index < -0.39 is 0 Å². The first kappa shape index (κ1) is 12.0. The SMILES string of the molecule is Oc1cccc(C2=NNC(c3cccc(O)c3)=NN2)c1. The van der Waals surface area contributed by atoms with Crippen LogP contribution in [0, 0.1) is 0 Å². The molecule has 1 heterocycles. The molecule has 0 aliphatic carbocycles. The quantitative estimate of drug-likeness (QED) is 0.661. The first-order chi connectivity index (χ1) is 9.72. The first-order valence-corrected chi connectivity index (χ1v) is 5.98. The lowest BCUT2D eigenvalue weighted by atomic mass is 10.2. The lowest BCUT2D eigenvalue weighted by Crippen LogP contribution is -2.34. The second-order valence-electron chi connectivity index (χ2n) is 4.25. The van der Waals surface area contributed by atoms with Crippen LogP contribution in [0.2, 0.25) is 0 Å². The number of hydrazone groups is 2. The summed E-state index contributed by atoms with van der Waals surface area (Å²) >= 11 is 0. The van der Waals surface area contributed by atoms with Gasteiger partial charge in [-0.1, -0.05) is 24.3 Å². The van der Waals surface area contributed by atoms with Crippen LogP contribution in [0.5, 0.6) is 11.5 Å². The zero-order chi connectivity index (χ0) is 13.9. The Labute approximate surface area is 115 Å². The molecule has 0 unspecified atom stereocenters. The second kappa shape index (κ2) is 4.93. The maximum Gasteiger partial charge on any atom is 0.173 e. The Bertz CT molecular complexity index is 648. The van der Waals surface area contributed by atoms with Crippen molar-refractivity contribution in [2.75, 3.05) is 0 Å². The van der Waals surface area contributed by atoms with Gasteiger partial charge in [0, 0.05) is 11.1 Å². The van der Waals surface area contributed by atoms with Crippen LogP contribution in [-0.4, -0.2) is 21.9 Å². The fourth-order valence-electron chi connectivity index (χ4n) is 1.83. The lowest BCUT2D eigenvalue weighted by Gasteiger charge is -2.15. The van der Waals surface area contributed by atoms with Gasteiger partial charge in [-0.15, -0.1) is 0 Å². The summed E-state index contributed by atoms with van der Waals surface area (Å²) in [5.74, 6) is 1.33. The maximum atomic E-state index is 9.44. The number of hydrogen-bond acceptors (Lipinski definition) is 6. The molecule has 6 nitrogen and oxygen atoms in total. The third kappa shape index (κ3) is 2.39. The van der Waals surface area contributed by atoms with E-state index in [4.69, 9.17) is 0 Å². The highest BCUT2D eigenvalue weighted by Crippen LogP contribution is 2.14. The van der Waals surface area contributed by atoms with Crippen LogP contribution < -0.4 is 10.9 Å². The molecule has 1 aliphatic rings. The Hall–Kier alpha value is -3.02. The average Bonchev–Trinajstić information content (AvgIpc) is 2.47. The van der Waals surface area contributed by atoms with Gasteiger partial charge in [0.05, 0.1) is 0 Å². The number of rotatable bonds is 2. The number of phenolic OH excluding ortho intramolecular Hbond substituents is 2. The molecule has 0 atom stereocenters. The Kier molecular flexibility index (Phi) is 2.96. The molecule has 100 valence electrons.